The predicted molar refractivity (Wildman–Crippen MR) is 78.4 cm³/mol. The standard InChI is InChI=1S/C16H30N2O/c1-3-15-7-4-13(2)18(15)11-16(8-9-19-12-16)10-17-14-5-6-14/h13-15,17H,3-12H2,1-2H3. The second-order valence-corrected chi connectivity index (χ2v) is 7.12. The molecule has 0 aromatic rings. The molecule has 0 aromatic carbocycles. The van der Waals surface area contributed by atoms with E-state index >= 15 is 0 Å². The molecule has 3 unspecified atom stereocenters. The number of likely N-dealkylation sites (tertiary alicyclic amines) is 1. The first-order valence-electron chi connectivity index (χ1n) is 8.29. The number of nitrogens with one attached hydrogen (secondary N) is 1. The van der Waals surface area contributed by atoms with Gasteiger partial charge in [0, 0.05) is 43.2 Å². The average molecular weight is 266 g/mol. The molecule has 1 saturated carbocycles. The van der Waals surface area contributed by atoms with Crippen LogP contribution in [0.4, 0.5) is 0 Å². The molecular formula is C16H30N2O. The monoisotopic (exact) mass is 266 g/mol. The van der Waals surface area contributed by atoms with Crippen molar-refractivity contribution in [1.82, 2.24) is 10.2 Å². The Bertz CT molecular complexity index is 297. The lowest BCUT2D eigenvalue weighted by molar-refractivity contribution is 0.0837. The first kappa shape index (κ1) is 13.8. The summed E-state index contributed by atoms with van der Waals surface area (Å²) in [5.74, 6) is 0. The summed E-state index contributed by atoms with van der Waals surface area (Å²) in [4.78, 5) is 2.78. The molecule has 3 heteroatoms. The van der Waals surface area contributed by atoms with E-state index < -0.39 is 0 Å². The van der Waals surface area contributed by atoms with Crippen LogP contribution in [0.2, 0.25) is 0 Å². The number of rotatable bonds is 6. The number of hydrogen-bond acceptors (Lipinski definition) is 3. The second-order valence-electron chi connectivity index (χ2n) is 7.12. The molecular weight excluding hydrogens is 236 g/mol. The van der Waals surface area contributed by atoms with Gasteiger partial charge in [0.25, 0.3) is 0 Å². The van der Waals surface area contributed by atoms with Gasteiger partial charge in [-0.05, 0) is 45.4 Å². The molecule has 0 spiro atoms. The van der Waals surface area contributed by atoms with Crippen LogP contribution in [-0.4, -0.2) is 49.3 Å². The lowest BCUT2D eigenvalue weighted by atomic mass is 9.85. The molecule has 0 amide bonds. The molecule has 0 aromatic heterocycles. The minimum Gasteiger partial charge on any atom is -0.381 e. The lowest BCUT2D eigenvalue weighted by Gasteiger charge is -2.37. The molecule has 110 valence electrons. The van der Waals surface area contributed by atoms with Crippen LogP contribution in [0.5, 0.6) is 0 Å². The SMILES string of the molecule is CCC1CCC(C)N1CC1(CNC2CC2)CCOC1. The van der Waals surface area contributed by atoms with Crippen molar-refractivity contribution < 1.29 is 4.74 Å². The molecule has 3 fully saturated rings. The van der Waals surface area contributed by atoms with Gasteiger partial charge in [0.1, 0.15) is 0 Å². The molecule has 1 aliphatic carbocycles. The van der Waals surface area contributed by atoms with Crippen molar-refractivity contribution in [2.75, 3.05) is 26.3 Å². The van der Waals surface area contributed by atoms with E-state index in [1.54, 1.807) is 0 Å². The van der Waals surface area contributed by atoms with Crippen LogP contribution < -0.4 is 5.32 Å². The van der Waals surface area contributed by atoms with E-state index in [4.69, 9.17) is 4.74 Å². The number of ether oxygens (including phenoxy) is 1. The van der Waals surface area contributed by atoms with Crippen molar-refractivity contribution in [3.05, 3.63) is 0 Å². The third-order valence-corrected chi connectivity index (χ3v) is 5.47. The summed E-state index contributed by atoms with van der Waals surface area (Å²) in [7, 11) is 0. The van der Waals surface area contributed by atoms with Crippen LogP contribution >= 0.6 is 0 Å². The first-order chi connectivity index (χ1) is 9.22. The molecule has 2 aliphatic heterocycles. The van der Waals surface area contributed by atoms with Crippen LogP contribution in [0.1, 0.15) is 52.4 Å². The molecule has 3 nitrogen and oxygen atoms in total. The summed E-state index contributed by atoms with van der Waals surface area (Å²) in [6.07, 6.45) is 8.09. The van der Waals surface area contributed by atoms with Crippen molar-refractivity contribution in [1.29, 1.82) is 0 Å². The highest BCUT2D eigenvalue weighted by Gasteiger charge is 2.41. The Labute approximate surface area is 118 Å². The zero-order chi connectivity index (χ0) is 13.3. The highest BCUT2D eigenvalue weighted by Crippen LogP contribution is 2.35. The summed E-state index contributed by atoms with van der Waals surface area (Å²) in [6, 6.07) is 2.40. The predicted octanol–water partition coefficient (Wildman–Crippen LogP) is 2.41. The van der Waals surface area contributed by atoms with Crippen molar-refractivity contribution in [3.63, 3.8) is 0 Å². The molecule has 2 heterocycles. The van der Waals surface area contributed by atoms with Crippen molar-refractivity contribution in [3.8, 4) is 0 Å². The van der Waals surface area contributed by atoms with E-state index in [1.165, 1.54) is 45.1 Å². The summed E-state index contributed by atoms with van der Waals surface area (Å²) in [6.45, 7) is 9.09. The summed E-state index contributed by atoms with van der Waals surface area (Å²) >= 11 is 0. The topological polar surface area (TPSA) is 24.5 Å². The maximum atomic E-state index is 5.76. The Morgan fingerprint density at radius 1 is 1.26 bits per heavy atom. The van der Waals surface area contributed by atoms with Crippen LogP contribution in [-0.2, 0) is 4.74 Å². The molecule has 0 bridgehead atoms. The second kappa shape index (κ2) is 5.71. The molecule has 2 saturated heterocycles. The fourth-order valence-corrected chi connectivity index (χ4v) is 3.85. The minimum atomic E-state index is 0.384. The zero-order valence-corrected chi connectivity index (χ0v) is 12.7. The van der Waals surface area contributed by atoms with Gasteiger partial charge in [-0.2, -0.15) is 0 Å². The Hall–Kier alpha value is -0.120. The first-order valence-corrected chi connectivity index (χ1v) is 8.29. The number of nitrogens with zero attached hydrogens (tertiary/aromatic N) is 1. The Kier molecular flexibility index (Phi) is 4.16. The van der Waals surface area contributed by atoms with E-state index in [2.05, 4.69) is 24.1 Å². The van der Waals surface area contributed by atoms with Crippen LogP contribution in [0.25, 0.3) is 0 Å². The average Bonchev–Trinajstić information content (AvgIpc) is 3.04. The Morgan fingerprint density at radius 3 is 2.74 bits per heavy atom. The van der Waals surface area contributed by atoms with Gasteiger partial charge in [0.2, 0.25) is 0 Å². The van der Waals surface area contributed by atoms with E-state index in [0.717, 1.165) is 37.9 Å². The summed E-state index contributed by atoms with van der Waals surface area (Å²) in [5.41, 5.74) is 0.384. The fraction of sp³-hybridized carbons (Fsp3) is 1.00. The molecule has 1 N–H and O–H groups in total. The van der Waals surface area contributed by atoms with Gasteiger partial charge < -0.3 is 10.1 Å². The summed E-state index contributed by atoms with van der Waals surface area (Å²) in [5, 5.41) is 3.75. The van der Waals surface area contributed by atoms with E-state index in [1.807, 2.05) is 0 Å². The van der Waals surface area contributed by atoms with Crippen LogP contribution in [0.3, 0.4) is 0 Å². The smallest absolute Gasteiger partial charge is 0.0547 e. The van der Waals surface area contributed by atoms with Gasteiger partial charge in [0.05, 0.1) is 6.61 Å². The van der Waals surface area contributed by atoms with Crippen LogP contribution in [0, 0.1) is 5.41 Å². The fourth-order valence-electron chi connectivity index (χ4n) is 3.85. The maximum absolute atomic E-state index is 5.76. The van der Waals surface area contributed by atoms with Crippen molar-refractivity contribution in [2.45, 2.75) is 70.5 Å². The number of hydrogen-bond donors (Lipinski definition) is 1. The van der Waals surface area contributed by atoms with E-state index in [-0.39, 0.29) is 0 Å². The van der Waals surface area contributed by atoms with Gasteiger partial charge in [-0.1, -0.05) is 6.92 Å². The van der Waals surface area contributed by atoms with Gasteiger partial charge in [-0.25, -0.2) is 0 Å². The molecule has 0 radical (unpaired) electrons. The highest BCUT2D eigenvalue weighted by molar-refractivity contribution is 4.95. The molecule has 3 atom stereocenters. The third kappa shape index (κ3) is 3.14. The Morgan fingerprint density at radius 2 is 2.11 bits per heavy atom. The van der Waals surface area contributed by atoms with Gasteiger partial charge >= 0.3 is 0 Å². The van der Waals surface area contributed by atoms with Crippen molar-refractivity contribution in [2.24, 2.45) is 5.41 Å². The summed E-state index contributed by atoms with van der Waals surface area (Å²) < 4.78 is 5.76. The van der Waals surface area contributed by atoms with Crippen molar-refractivity contribution >= 4 is 0 Å². The molecule has 3 rings (SSSR count). The lowest BCUT2D eigenvalue weighted by Crippen LogP contribution is -2.48. The van der Waals surface area contributed by atoms with Gasteiger partial charge in [0.15, 0.2) is 0 Å². The minimum absolute atomic E-state index is 0.384. The third-order valence-electron chi connectivity index (χ3n) is 5.47. The van der Waals surface area contributed by atoms with Gasteiger partial charge in [-0.15, -0.1) is 0 Å². The largest absolute Gasteiger partial charge is 0.381 e. The maximum Gasteiger partial charge on any atom is 0.0547 e. The normalized spacial score (nSPS) is 40.1. The van der Waals surface area contributed by atoms with Crippen LogP contribution in [0.15, 0.2) is 0 Å². The van der Waals surface area contributed by atoms with E-state index in [0.29, 0.717) is 5.41 Å². The quantitative estimate of drug-likeness (QED) is 0.799. The van der Waals surface area contributed by atoms with E-state index in [9.17, 15) is 0 Å². The molecule has 3 aliphatic rings. The molecule has 19 heavy (non-hydrogen) atoms. The Balaban J connectivity index is 1.62. The zero-order valence-electron chi connectivity index (χ0n) is 12.7. The highest BCUT2D eigenvalue weighted by atomic mass is 16.5. The van der Waals surface area contributed by atoms with Gasteiger partial charge in [-0.3, -0.25) is 4.90 Å².